The molecular formula is C26H31FN4. The summed E-state index contributed by atoms with van der Waals surface area (Å²) < 4.78 is 15.2. The van der Waals surface area contributed by atoms with Crippen molar-refractivity contribution in [1.82, 2.24) is 14.9 Å². The molecule has 0 radical (unpaired) electrons. The molecule has 1 aromatic heterocycles. The Kier molecular flexibility index (Phi) is 6.05. The average Bonchev–Trinajstić information content (AvgIpc) is 2.76. The fourth-order valence-electron chi connectivity index (χ4n) is 4.29. The summed E-state index contributed by atoms with van der Waals surface area (Å²) in [4.78, 5) is 7.19. The van der Waals surface area contributed by atoms with E-state index in [1.165, 1.54) is 0 Å². The molecule has 1 saturated heterocycles. The second-order valence-corrected chi connectivity index (χ2v) is 8.78. The second kappa shape index (κ2) is 8.75. The molecule has 0 amide bonds. The Morgan fingerprint density at radius 2 is 1.97 bits per heavy atom. The second-order valence-electron chi connectivity index (χ2n) is 8.78. The van der Waals surface area contributed by atoms with Gasteiger partial charge in [-0.15, -0.1) is 0 Å². The maximum atomic E-state index is 15.2. The zero-order valence-electron chi connectivity index (χ0n) is 19.0. The van der Waals surface area contributed by atoms with Crippen LogP contribution in [0.15, 0.2) is 65.1 Å². The molecule has 4 rings (SSSR count). The van der Waals surface area contributed by atoms with E-state index in [4.69, 9.17) is 4.98 Å². The van der Waals surface area contributed by atoms with Crippen molar-refractivity contribution in [2.75, 3.05) is 19.6 Å². The lowest BCUT2D eigenvalue weighted by atomic mass is 9.92. The fraction of sp³-hybridized carbons (Fsp3) is 0.385. The highest BCUT2D eigenvalue weighted by Gasteiger charge is 2.22. The molecule has 0 saturated carbocycles. The summed E-state index contributed by atoms with van der Waals surface area (Å²) in [5, 5.41) is 7.26. The number of halogens is 1. The fourth-order valence-corrected chi connectivity index (χ4v) is 4.29. The molecule has 2 aliphatic rings. The van der Waals surface area contributed by atoms with Crippen LogP contribution in [0.25, 0.3) is 10.9 Å². The quantitative estimate of drug-likeness (QED) is 0.612. The Morgan fingerprint density at radius 3 is 2.65 bits per heavy atom. The molecule has 1 aromatic carbocycles. The van der Waals surface area contributed by atoms with Gasteiger partial charge in [0.1, 0.15) is 11.3 Å². The molecule has 162 valence electrons. The van der Waals surface area contributed by atoms with E-state index in [2.05, 4.69) is 29.6 Å². The van der Waals surface area contributed by atoms with Crippen LogP contribution in [0.4, 0.5) is 4.39 Å². The van der Waals surface area contributed by atoms with E-state index < -0.39 is 0 Å². The van der Waals surface area contributed by atoms with Gasteiger partial charge in [-0.05, 0) is 83.1 Å². The Hall–Kier alpha value is -2.79. The van der Waals surface area contributed by atoms with Crippen molar-refractivity contribution < 1.29 is 4.39 Å². The van der Waals surface area contributed by atoms with Crippen molar-refractivity contribution in [1.29, 1.82) is 0 Å². The van der Waals surface area contributed by atoms with Gasteiger partial charge in [-0.25, -0.2) is 14.4 Å². The molecule has 3 heterocycles. The molecule has 5 heteroatoms. The Morgan fingerprint density at radius 1 is 1.23 bits per heavy atom. The number of pyridine rings is 1. The van der Waals surface area contributed by atoms with Crippen molar-refractivity contribution in [3.63, 3.8) is 0 Å². The highest BCUT2D eigenvalue weighted by molar-refractivity contribution is 6.11. The Labute approximate surface area is 184 Å². The zero-order chi connectivity index (χ0) is 22.1. The van der Waals surface area contributed by atoms with Gasteiger partial charge >= 0.3 is 0 Å². The van der Waals surface area contributed by atoms with Gasteiger partial charge in [0.05, 0.1) is 11.4 Å². The van der Waals surface area contributed by atoms with Gasteiger partial charge in [0.2, 0.25) is 0 Å². The van der Waals surface area contributed by atoms with Gasteiger partial charge in [-0.2, -0.15) is 5.10 Å². The zero-order valence-corrected chi connectivity index (χ0v) is 19.0. The lowest BCUT2D eigenvalue weighted by Crippen LogP contribution is -2.32. The molecule has 1 fully saturated rings. The van der Waals surface area contributed by atoms with Crippen LogP contribution in [0.2, 0.25) is 0 Å². The number of aromatic nitrogens is 1. The smallest absolute Gasteiger partial charge is 0.150 e. The number of piperidine rings is 1. The van der Waals surface area contributed by atoms with Crippen LogP contribution in [-0.2, 0) is 0 Å². The lowest BCUT2D eigenvalue weighted by Gasteiger charge is -2.30. The third kappa shape index (κ3) is 4.47. The number of hydrogen-bond donors (Lipinski definition) is 0. The molecule has 2 aromatic rings. The number of allylic oxidation sites excluding steroid dienone is 3. The van der Waals surface area contributed by atoms with Gasteiger partial charge in [-0.3, -0.25) is 0 Å². The number of nitrogens with zero attached hydrogens (tertiary/aromatic N) is 4. The monoisotopic (exact) mass is 418 g/mol. The lowest BCUT2D eigenvalue weighted by molar-refractivity contribution is 0.221. The molecule has 2 aliphatic heterocycles. The summed E-state index contributed by atoms with van der Waals surface area (Å²) in [6, 6.07) is 7.60. The summed E-state index contributed by atoms with van der Waals surface area (Å²) in [6.45, 7) is 15.6. The highest BCUT2D eigenvalue weighted by Crippen LogP contribution is 2.30. The van der Waals surface area contributed by atoms with Gasteiger partial charge in [0.15, 0.2) is 0 Å². The van der Waals surface area contributed by atoms with Crippen molar-refractivity contribution >= 4 is 16.6 Å². The van der Waals surface area contributed by atoms with Crippen molar-refractivity contribution in [2.24, 2.45) is 5.10 Å². The third-order valence-corrected chi connectivity index (χ3v) is 6.20. The Balaban J connectivity index is 1.67. The first kappa shape index (κ1) is 21.4. The Bertz CT molecular complexity index is 1100. The first-order valence-corrected chi connectivity index (χ1v) is 11.1. The van der Waals surface area contributed by atoms with Crippen molar-refractivity contribution in [2.45, 2.75) is 46.5 Å². The van der Waals surface area contributed by atoms with E-state index in [1.54, 1.807) is 11.1 Å². The van der Waals surface area contributed by atoms with Gasteiger partial charge in [0.25, 0.3) is 0 Å². The maximum absolute atomic E-state index is 15.2. The van der Waals surface area contributed by atoms with Gasteiger partial charge in [0, 0.05) is 28.8 Å². The summed E-state index contributed by atoms with van der Waals surface area (Å²) in [5.74, 6) is 0.107. The van der Waals surface area contributed by atoms with Crippen LogP contribution >= 0.6 is 0 Å². The molecule has 0 unspecified atom stereocenters. The summed E-state index contributed by atoms with van der Waals surface area (Å²) >= 11 is 0. The summed E-state index contributed by atoms with van der Waals surface area (Å²) in [7, 11) is 0. The van der Waals surface area contributed by atoms with E-state index in [0.717, 1.165) is 71.7 Å². The van der Waals surface area contributed by atoms with E-state index in [1.807, 2.05) is 45.2 Å². The van der Waals surface area contributed by atoms with Gasteiger partial charge < -0.3 is 4.90 Å². The number of benzene rings is 1. The van der Waals surface area contributed by atoms with Crippen LogP contribution in [0.3, 0.4) is 0 Å². The molecule has 31 heavy (non-hydrogen) atoms. The van der Waals surface area contributed by atoms with Crippen LogP contribution in [0.1, 0.15) is 57.7 Å². The van der Waals surface area contributed by atoms with Crippen molar-refractivity contribution in [3.05, 3.63) is 77.0 Å². The number of hydrogen-bond acceptors (Lipinski definition) is 4. The number of likely N-dealkylation sites (tertiary alicyclic amines) is 1. The predicted molar refractivity (Wildman–Crippen MR) is 126 cm³/mol. The maximum Gasteiger partial charge on any atom is 0.150 e. The molecule has 0 aliphatic carbocycles. The molecule has 0 bridgehead atoms. The summed E-state index contributed by atoms with van der Waals surface area (Å²) in [6.07, 6.45) is 6.06. The normalized spacial score (nSPS) is 18.2. The number of rotatable bonds is 4. The molecule has 0 spiro atoms. The van der Waals surface area contributed by atoms with Crippen LogP contribution in [-0.4, -0.2) is 40.2 Å². The topological polar surface area (TPSA) is 31.7 Å². The van der Waals surface area contributed by atoms with E-state index in [0.29, 0.717) is 11.4 Å². The molecular weight excluding hydrogens is 387 g/mol. The third-order valence-electron chi connectivity index (χ3n) is 6.20. The average molecular weight is 419 g/mol. The van der Waals surface area contributed by atoms with Crippen LogP contribution in [0, 0.1) is 5.82 Å². The largest absolute Gasteiger partial charge is 0.304 e. The SMILES string of the molecule is C=C1C(C)=CC(c2cc(F)c3nc(C4CCN(CC)CC4)ccc3c2)=NN1C=C(C)C. The van der Waals surface area contributed by atoms with E-state index >= 15 is 4.39 Å². The first-order chi connectivity index (χ1) is 14.9. The number of fused-ring (bicyclic) bond motifs is 1. The summed E-state index contributed by atoms with van der Waals surface area (Å²) in [5.41, 5.74) is 5.87. The highest BCUT2D eigenvalue weighted by atomic mass is 19.1. The molecule has 0 atom stereocenters. The minimum Gasteiger partial charge on any atom is -0.304 e. The van der Waals surface area contributed by atoms with Crippen LogP contribution < -0.4 is 0 Å². The molecule has 4 nitrogen and oxygen atoms in total. The predicted octanol–water partition coefficient (Wildman–Crippen LogP) is 5.98. The number of hydrazone groups is 1. The van der Waals surface area contributed by atoms with E-state index in [9.17, 15) is 0 Å². The van der Waals surface area contributed by atoms with E-state index in [-0.39, 0.29) is 5.82 Å². The minimum absolute atomic E-state index is 0.299. The first-order valence-electron chi connectivity index (χ1n) is 11.1. The van der Waals surface area contributed by atoms with Gasteiger partial charge in [-0.1, -0.05) is 25.1 Å². The van der Waals surface area contributed by atoms with Crippen molar-refractivity contribution in [3.8, 4) is 0 Å². The van der Waals surface area contributed by atoms with Crippen LogP contribution in [0.5, 0.6) is 0 Å². The minimum atomic E-state index is -0.299. The molecule has 0 N–H and O–H groups in total. The standard InChI is InChI=1S/C26H31FN4/c1-6-30-11-9-20(10-12-30)24-8-7-21-14-22(15-23(27)26(21)28-24)25-13-18(4)19(5)31(29-25)16-17(2)3/h7-8,13-16,20H,5-6,9-12H2,1-4H3.